The van der Waals surface area contributed by atoms with Crippen LogP contribution in [0.25, 0.3) is 0 Å². The highest BCUT2D eigenvalue weighted by atomic mass is 32.1. The van der Waals surface area contributed by atoms with Crippen LogP contribution in [0.5, 0.6) is 0 Å². The first-order chi connectivity index (χ1) is 11.4. The van der Waals surface area contributed by atoms with Gasteiger partial charge in [-0.1, -0.05) is 0 Å². The first-order valence-corrected chi connectivity index (χ1v) is 9.90. The topological polar surface area (TPSA) is 236 Å². The number of aromatic nitrogens is 2. The lowest BCUT2D eigenvalue weighted by atomic mass is 10.1. The molecule has 1 aliphatic heterocycles. The standard InChI is InChI=1S/C9H14N2O11P2S.H3N/c12-5-1-2-11(9(25)10-5)8-7(14)6(13)4(21-8)3-20-24(18,19)22-23(15,16)17;/h1-2,4,6-8,13-14H,3H2,(H,18,19)(H,10,12,25)(H2,15,16,17);1H3/t4-,6-,7-,8-;/m1./s1. The second kappa shape index (κ2) is 8.48. The maximum atomic E-state index is 11.4. The molecular formula is C9H17N3O11P2S. The van der Waals surface area contributed by atoms with E-state index in [1.54, 1.807) is 0 Å². The lowest BCUT2D eigenvalue weighted by molar-refractivity contribution is -0.0533. The molecule has 0 radical (unpaired) electrons. The Kier molecular flexibility index (Phi) is 7.58. The van der Waals surface area contributed by atoms with E-state index in [1.165, 1.54) is 6.20 Å². The molecule has 17 heteroatoms. The monoisotopic (exact) mass is 437 g/mol. The molecule has 0 aromatic carbocycles. The fraction of sp³-hybridized carbons (Fsp3) is 0.556. The summed E-state index contributed by atoms with van der Waals surface area (Å²) in [5.74, 6) is 0. The van der Waals surface area contributed by atoms with E-state index < -0.39 is 52.4 Å². The molecule has 1 aliphatic rings. The number of nitrogens with one attached hydrogen (secondary N) is 1. The molecule has 14 nitrogen and oxygen atoms in total. The molecule has 2 rings (SSSR count). The maximum Gasteiger partial charge on any atom is 0.481 e. The van der Waals surface area contributed by atoms with Gasteiger partial charge in [-0.3, -0.25) is 18.9 Å². The molecule has 26 heavy (non-hydrogen) atoms. The summed E-state index contributed by atoms with van der Waals surface area (Å²) >= 11 is 4.90. The summed E-state index contributed by atoms with van der Waals surface area (Å²) in [6.45, 7) is -0.834. The first-order valence-electron chi connectivity index (χ1n) is 6.47. The van der Waals surface area contributed by atoms with Crippen LogP contribution in [-0.2, 0) is 22.7 Å². The Morgan fingerprint density at radius 2 is 1.88 bits per heavy atom. The number of nitrogens with zero attached hydrogens (tertiary/aromatic N) is 1. The average molecular weight is 437 g/mol. The molecule has 150 valence electrons. The third kappa shape index (κ3) is 5.85. The van der Waals surface area contributed by atoms with E-state index in [-0.39, 0.29) is 10.9 Å². The number of aromatic amines is 1. The van der Waals surface area contributed by atoms with Gasteiger partial charge in [-0.25, -0.2) is 9.13 Å². The van der Waals surface area contributed by atoms with Crippen molar-refractivity contribution in [2.24, 2.45) is 0 Å². The molecule has 1 unspecified atom stereocenters. The number of aliphatic hydroxyl groups excluding tert-OH is 2. The first kappa shape index (κ1) is 23.2. The fourth-order valence-electron chi connectivity index (χ4n) is 2.05. The molecule has 0 amide bonds. The molecule has 2 heterocycles. The van der Waals surface area contributed by atoms with Crippen LogP contribution in [0.1, 0.15) is 6.23 Å². The molecular weight excluding hydrogens is 420 g/mol. The molecule has 1 fully saturated rings. The Labute approximate surface area is 150 Å². The number of aliphatic hydroxyl groups is 2. The second-order valence-corrected chi connectivity index (χ2v) is 8.12. The highest BCUT2D eigenvalue weighted by molar-refractivity contribution is 7.71. The zero-order valence-electron chi connectivity index (χ0n) is 12.8. The van der Waals surface area contributed by atoms with Gasteiger partial charge in [-0.15, -0.1) is 0 Å². The van der Waals surface area contributed by atoms with E-state index in [0.717, 1.165) is 10.6 Å². The van der Waals surface area contributed by atoms with Gasteiger partial charge in [0.15, 0.2) is 11.0 Å². The zero-order chi connectivity index (χ0) is 19.0. The van der Waals surface area contributed by atoms with Crippen molar-refractivity contribution in [2.75, 3.05) is 6.61 Å². The number of hydrogen-bond donors (Lipinski definition) is 7. The van der Waals surface area contributed by atoms with Crippen molar-refractivity contribution in [3.8, 4) is 0 Å². The summed E-state index contributed by atoms with van der Waals surface area (Å²) in [7, 11) is -10.4. The highest BCUT2D eigenvalue weighted by Gasteiger charge is 2.45. The summed E-state index contributed by atoms with van der Waals surface area (Å²) in [5.41, 5.74) is -0.495. The van der Waals surface area contributed by atoms with Crippen LogP contribution in [-0.4, -0.2) is 59.4 Å². The third-order valence-electron chi connectivity index (χ3n) is 3.07. The third-order valence-corrected chi connectivity index (χ3v) is 5.54. The predicted octanol–water partition coefficient (Wildman–Crippen LogP) is -1.09. The van der Waals surface area contributed by atoms with E-state index in [9.17, 15) is 29.0 Å². The molecule has 0 saturated carbocycles. The van der Waals surface area contributed by atoms with Crippen molar-refractivity contribution in [2.45, 2.75) is 24.5 Å². The number of ether oxygens (including phenoxy) is 1. The van der Waals surface area contributed by atoms with Crippen LogP contribution < -0.4 is 11.7 Å². The minimum atomic E-state index is -5.29. The normalized spacial score (nSPS) is 28.3. The molecule has 1 aromatic heterocycles. The molecule has 1 aromatic rings. The number of hydrogen-bond acceptors (Lipinski definition) is 10. The van der Waals surface area contributed by atoms with Gasteiger partial charge < -0.3 is 35.8 Å². The number of phosphoric ester groups is 1. The number of phosphoric acid groups is 2. The van der Waals surface area contributed by atoms with E-state index in [0.29, 0.717) is 0 Å². The molecule has 0 aliphatic carbocycles. The summed E-state index contributed by atoms with van der Waals surface area (Å²) in [5, 5.41) is 19.9. The Morgan fingerprint density at radius 3 is 2.42 bits per heavy atom. The van der Waals surface area contributed by atoms with E-state index in [2.05, 4.69) is 13.8 Å². The van der Waals surface area contributed by atoms with Gasteiger partial charge in [-0.2, -0.15) is 4.31 Å². The van der Waals surface area contributed by atoms with Crippen molar-refractivity contribution < 1.29 is 47.6 Å². The molecule has 1 saturated heterocycles. The highest BCUT2D eigenvalue weighted by Crippen LogP contribution is 2.57. The van der Waals surface area contributed by atoms with Crippen molar-refractivity contribution in [1.29, 1.82) is 0 Å². The Hall–Kier alpha value is -0.800. The minimum absolute atomic E-state index is 0. The molecule has 0 spiro atoms. The van der Waals surface area contributed by atoms with Gasteiger partial charge in [0, 0.05) is 12.3 Å². The maximum absolute atomic E-state index is 11.4. The van der Waals surface area contributed by atoms with Crippen LogP contribution in [0, 0.1) is 4.77 Å². The zero-order valence-corrected chi connectivity index (χ0v) is 15.4. The Bertz CT molecular complexity index is 837. The largest absolute Gasteiger partial charge is 0.481 e. The van der Waals surface area contributed by atoms with Gasteiger partial charge in [0.2, 0.25) is 0 Å². The number of rotatable bonds is 6. The summed E-state index contributed by atoms with van der Waals surface area (Å²) in [4.78, 5) is 39.6. The lowest BCUT2D eigenvalue weighted by Gasteiger charge is -2.18. The predicted molar refractivity (Wildman–Crippen MR) is 85.7 cm³/mol. The van der Waals surface area contributed by atoms with Crippen molar-refractivity contribution in [3.05, 3.63) is 27.4 Å². The summed E-state index contributed by atoms with van der Waals surface area (Å²) in [6.07, 6.45) is -4.51. The van der Waals surface area contributed by atoms with Gasteiger partial charge in [-0.05, 0) is 12.2 Å². The van der Waals surface area contributed by atoms with E-state index >= 15 is 0 Å². The van der Waals surface area contributed by atoms with Crippen molar-refractivity contribution >= 4 is 27.9 Å². The Morgan fingerprint density at radius 1 is 1.27 bits per heavy atom. The van der Waals surface area contributed by atoms with Gasteiger partial charge >= 0.3 is 15.6 Å². The lowest BCUT2D eigenvalue weighted by Crippen LogP contribution is -2.34. The average Bonchev–Trinajstić information content (AvgIpc) is 2.71. The number of H-pyrrole nitrogens is 1. The Balaban J connectivity index is 0.00000338. The van der Waals surface area contributed by atoms with Crippen LogP contribution in [0.2, 0.25) is 0 Å². The van der Waals surface area contributed by atoms with Crippen molar-refractivity contribution in [1.82, 2.24) is 15.7 Å². The van der Waals surface area contributed by atoms with Crippen LogP contribution >= 0.6 is 27.9 Å². The van der Waals surface area contributed by atoms with E-state index in [4.69, 9.17) is 26.7 Å². The molecule has 9 N–H and O–H groups in total. The molecule has 0 bridgehead atoms. The summed E-state index contributed by atoms with van der Waals surface area (Å²) < 4.78 is 36.2. The van der Waals surface area contributed by atoms with Crippen LogP contribution in [0.15, 0.2) is 17.1 Å². The van der Waals surface area contributed by atoms with Gasteiger partial charge in [0.25, 0.3) is 5.56 Å². The molecule has 5 atom stereocenters. The van der Waals surface area contributed by atoms with E-state index in [1.807, 2.05) is 0 Å². The van der Waals surface area contributed by atoms with Crippen molar-refractivity contribution in [3.63, 3.8) is 0 Å². The van der Waals surface area contributed by atoms with Gasteiger partial charge in [0.05, 0.1) is 6.61 Å². The smallest absolute Gasteiger partial charge is 0.387 e. The van der Waals surface area contributed by atoms with Gasteiger partial charge in [0.1, 0.15) is 18.3 Å². The van der Waals surface area contributed by atoms with Crippen LogP contribution in [0.3, 0.4) is 0 Å². The fourth-order valence-corrected chi connectivity index (χ4v) is 3.91. The second-order valence-electron chi connectivity index (χ2n) is 4.90. The minimum Gasteiger partial charge on any atom is -0.387 e. The SMILES string of the molecule is N.O=c1ccn([C@@H]2O[C@H](COP(=O)(O)OP(=O)(O)O)[C@@H](O)[C@H]2O)c(=S)[nH]1. The summed E-state index contributed by atoms with van der Waals surface area (Å²) in [6, 6.07) is 1.10. The van der Waals surface area contributed by atoms with Crippen LogP contribution in [0.4, 0.5) is 0 Å². The quantitative estimate of drug-likeness (QED) is 0.207.